The third-order valence-electron chi connectivity index (χ3n) is 2.18. The fraction of sp³-hybridized carbons (Fsp3) is 0.778. The van der Waals surface area contributed by atoms with Gasteiger partial charge in [0, 0.05) is 0 Å². The topological polar surface area (TPSA) is 114 Å². The number of hydrogen-bond acceptors (Lipinski definition) is 5. The van der Waals surface area contributed by atoms with E-state index in [2.05, 4.69) is 5.32 Å². The van der Waals surface area contributed by atoms with E-state index in [1.54, 1.807) is 13.0 Å². The summed E-state index contributed by atoms with van der Waals surface area (Å²) in [5.74, 6) is -1.44. The maximum Gasteiger partial charge on any atom is 0.238 e. The first-order valence-electron chi connectivity index (χ1n) is 4.63. The molecule has 0 rings (SSSR count). The van der Waals surface area contributed by atoms with E-state index in [1.165, 1.54) is 0 Å². The summed E-state index contributed by atoms with van der Waals surface area (Å²) in [5.41, 5.74) is -1.46. The van der Waals surface area contributed by atoms with Gasteiger partial charge in [-0.15, -0.1) is 0 Å². The number of carbonyl (C=O) groups excluding carboxylic acids is 1. The van der Waals surface area contributed by atoms with E-state index >= 15 is 0 Å². The molecule has 0 aliphatic rings. The van der Waals surface area contributed by atoms with Crippen molar-refractivity contribution in [3.05, 3.63) is 0 Å². The van der Waals surface area contributed by atoms with Crippen LogP contribution in [0.4, 0.5) is 0 Å². The lowest BCUT2D eigenvalue weighted by molar-refractivity contribution is -0.127. The summed E-state index contributed by atoms with van der Waals surface area (Å²) >= 11 is 0. The van der Waals surface area contributed by atoms with Gasteiger partial charge in [-0.2, -0.15) is 5.26 Å². The average Bonchev–Trinajstić information content (AvgIpc) is 2.28. The zero-order valence-corrected chi connectivity index (χ0v) is 8.60. The molecule has 4 N–H and O–H groups in total. The van der Waals surface area contributed by atoms with Gasteiger partial charge in [0.2, 0.25) is 5.91 Å². The quantitative estimate of drug-likeness (QED) is 0.425. The van der Waals surface area contributed by atoms with Crippen molar-refractivity contribution in [2.24, 2.45) is 5.92 Å². The number of rotatable bonds is 6. The minimum absolute atomic E-state index is 0.334. The van der Waals surface area contributed by atoms with E-state index in [9.17, 15) is 4.79 Å². The van der Waals surface area contributed by atoms with Crippen LogP contribution >= 0.6 is 0 Å². The monoisotopic (exact) mass is 216 g/mol. The molecule has 0 fully saturated rings. The zero-order chi connectivity index (χ0) is 11.9. The first kappa shape index (κ1) is 13.8. The van der Waals surface area contributed by atoms with Gasteiger partial charge in [0.1, 0.15) is 11.5 Å². The fourth-order valence-corrected chi connectivity index (χ4v) is 0.952. The van der Waals surface area contributed by atoms with Gasteiger partial charge in [-0.3, -0.25) is 4.79 Å². The smallest absolute Gasteiger partial charge is 0.238 e. The molecule has 0 bridgehead atoms. The van der Waals surface area contributed by atoms with Gasteiger partial charge in [-0.05, 0) is 6.42 Å². The lowest BCUT2D eigenvalue weighted by Gasteiger charge is -2.29. The average molecular weight is 216 g/mol. The van der Waals surface area contributed by atoms with Crippen molar-refractivity contribution in [3.63, 3.8) is 0 Å². The molecule has 15 heavy (non-hydrogen) atoms. The molecule has 6 heteroatoms. The van der Waals surface area contributed by atoms with Crippen molar-refractivity contribution >= 4 is 5.91 Å². The molecule has 0 aromatic heterocycles. The Morgan fingerprint density at radius 2 is 1.87 bits per heavy atom. The van der Waals surface area contributed by atoms with Crippen molar-refractivity contribution in [2.45, 2.75) is 18.9 Å². The van der Waals surface area contributed by atoms with Crippen LogP contribution in [0.1, 0.15) is 13.3 Å². The molecule has 0 aliphatic carbocycles. The fourth-order valence-electron chi connectivity index (χ4n) is 0.952. The molecule has 86 valence electrons. The van der Waals surface area contributed by atoms with E-state index in [4.69, 9.17) is 20.6 Å². The van der Waals surface area contributed by atoms with E-state index in [1.807, 2.05) is 0 Å². The predicted octanol–water partition coefficient (Wildman–Crippen LogP) is -1.63. The van der Waals surface area contributed by atoms with Gasteiger partial charge in [0.25, 0.3) is 0 Å². The van der Waals surface area contributed by atoms with Gasteiger partial charge in [0.15, 0.2) is 0 Å². The Labute approximate surface area is 88.1 Å². The number of hydrogen-bond donors (Lipinski definition) is 4. The van der Waals surface area contributed by atoms with Crippen LogP contribution in [0.15, 0.2) is 0 Å². The van der Waals surface area contributed by atoms with Crippen LogP contribution in [0, 0.1) is 17.2 Å². The number of nitriles is 1. The van der Waals surface area contributed by atoms with E-state index < -0.39 is 37.2 Å². The normalized spacial score (nSPS) is 13.0. The number of nitrogens with one attached hydrogen (secondary N) is 1. The summed E-state index contributed by atoms with van der Waals surface area (Å²) in [6.45, 7) is -0.0964. The van der Waals surface area contributed by atoms with Crippen LogP contribution in [0.5, 0.6) is 0 Å². The van der Waals surface area contributed by atoms with E-state index in [0.717, 1.165) is 0 Å². The Balaban J connectivity index is 4.55. The van der Waals surface area contributed by atoms with Crippen LogP contribution in [-0.4, -0.2) is 46.6 Å². The van der Waals surface area contributed by atoms with Gasteiger partial charge >= 0.3 is 0 Å². The molecule has 1 unspecified atom stereocenters. The molecule has 1 amide bonds. The highest BCUT2D eigenvalue weighted by Gasteiger charge is 2.32. The molecule has 0 aliphatic heterocycles. The number of aliphatic hydroxyl groups excluding tert-OH is 3. The van der Waals surface area contributed by atoms with Gasteiger partial charge in [0.05, 0.1) is 25.9 Å². The standard InChI is InChI=1S/C9H16N2O4/c1-2-7(3-10)8(15)11-9(4-12,5-13)6-14/h7,12-14H,2,4-6H2,1H3,(H,11,15). The Morgan fingerprint density at radius 3 is 2.13 bits per heavy atom. The van der Waals surface area contributed by atoms with Crippen molar-refractivity contribution in [1.29, 1.82) is 5.26 Å². The van der Waals surface area contributed by atoms with Crippen LogP contribution in [0.2, 0.25) is 0 Å². The highest BCUT2D eigenvalue weighted by Crippen LogP contribution is 2.06. The molecule has 0 radical (unpaired) electrons. The largest absolute Gasteiger partial charge is 0.394 e. The lowest BCUT2D eigenvalue weighted by Crippen LogP contribution is -2.58. The minimum Gasteiger partial charge on any atom is -0.394 e. The first-order valence-corrected chi connectivity index (χ1v) is 4.63. The van der Waals surface area contributed by atoms with Crippen molar-refractivity contribution < 1.29 is 20.1 Å². The molecule has 0 spiro atoms. The predicted molar refractivity (Wildman–Crippen MR) is 51.5 cm³/mol. The highest BCUT2D eigenvalue weighted by atomic mass is 16.3. The Kier molecular flexibility index (Phi) is 5.86. The summed E-state index contributed by atoms with van der Waals surface area (Å²) in [6, 6.07) is 1.79. The van der Waals surface area contributed by atoms with Crippen molar-refractivity contribution in [1.82, 2.24) is 5.32 Å². The summed E-state index contributed by atoms with van der Waals surface area (Å²) in [6.07, 6.45) is 0.334. The third kappa shape index (κ3) is 3.47. The molecule has 6 nitrogen and oxygen atoms in total. The first-order chi connectivity index (χ1) is 7.09. The molecule has 0 saturated heterocycles. The number of amides is 1. The van der Waals surface area contributed by atoms with E-state index in [-0.39, 0.29) is 0 Å². The number of carbonyl (C=O) groups is 1. The molecular weight excluding hydrogens is 200 g/mol. The Morgan fingerprint density at radius 1 is 1.40 bits per heavy atom. The summed E-state index contributed by atoms with van der Waals surface area (Å²) < 4.78 is 0. The summed E-state index contributed by atoms with van der Waals surface area (Å²) in [4.78, 5) is 11.4. The van der Waals surface area contributed by atoms with Gasteiger partial charge < -0.3 is 20.6 Å². The van der Waals surface area contributed by atoms with Gasteiger partial charge in [-0.25, -0.2) is 0 Å². The molecule has 0 saturated carbocycles. The lowest BCUT2D eigenvalue weighted by atomic mass is 10.0. The second-order valence-electron chi connectivity index (χ2n) is 3.33. The summed E-state index contributed by atoms with van der Waals surface area (Å²) in [5, 5.41) is 37.7. The van der Waals surface area contributed by atoms with Gasteiger partial charge in [-0.1, -0.05) is 6.92 Å². The highest BCUT2D eigenvalue weighted by molar-refractivity contribution is 5.81. The molecule has 0 aromatic rings. The number of nitrogens with zero attached hydrogens (tertiary/aromatic N) is 1. The van der Waals surface area contributed by atoms with Crippen LogP contribution in [-0.2, 0) is 4.79 Å². The minimum atomic E-state index is -1.46. The van der Waals surface area contributed by atoms with Crippen LogP contribution in [0.3, 0.4) is 0 Å². The second kappa shape index (κ2) is 6.35. The Bertz CT molecular complexity index is 237. The summed E-state index contributed by atoms with van der Waals surface area (Å²) in [7, 11) is 0. The van der Waals surface area contributed by atoms with E-state index in [0.29, 0.717) is 6.42 Å². The van der Waals surface area contributed by atoms with Crippen molar-refractivity contribution in [3.8, 4) is 6.07 Å². The third-order valence-corrected chi connectivity index (χ3v) is 2.18. The zero-order valence-electron chi connectivity index (χ0n) is 8.60. The SMILES string of the molecule is CCC(C#N)C(=O)NC(CO)(CO)CO. The molecular formula is C9H16N2O4. The van der Waals surface area contributed by atoms with Crippen molar-refractivity contribution in [2.75, 3.05) is 19.8 Å². The maximum absolute atomic E-state index is 11.4. The maximum atomic E-state index is 11.4. The Hall–Kier alpha value is -1.16. The van der Waals surface area contributed by atoms with Crippen LogP contribution in [0.25, 0.3) is 0 Å². The molecule has 1 atom stereocenters. The molecule has 0 heterocycles. The second-order valence-corrected chi connectivity index (χ2v) is 3.33. The molecule has 0 aromatic carbocycles. The van der Waals surface area contributed by atoms with Crippen LogP contribution < -0.4 is 5.32 Å². The number of aliphatic hydroxyl groups is 3.